The van der Waals surface area contributed by atoms with Gasteiger partial charge in [0.1, 0.15) is 0 Å². The summed E-state index contributed by atoms with van der Waals surface area (Å²) in [6.45, 7) is 7.29. The number of pyridine rings is 1. The number of likely N-dealkylation sites (N-methyl/N-ethyl adjacent to an activating group) is 1. The third-order valence-electron chi connectivity index (χ3n) is 3.29. The first-order valence-corrected chi connectivity index (χ1v) is 7.62. The number of nitrogens with zero attached hydrogens (tertiary/aromatic N) is 3. The summed E-state index contributed by atoms with van der Waals surface area (Å²) < 4.78 is 6.33. The molecule has 0 aromatic carbocycles. The molecule has 2 unspecified atom stereocenters. The number of aromatic nitrogens is 3. The average molecular weight is 339 g/mol. The molecule has 2 heterocycles. The first kappa shape index (κ1) is 15.1. The van der Waals surface area contributed by atoms with Crippen molar-refractivity contribution < 1.29 is 4.52 Å². The molecule has 1 N–H and O–H groups in total. The van der Waals surface area contributed by atoms with E-state index in [2.05, 4.69) is 57.1 Å². The molecule has 0 aliphatic heterocycles. The van der Waals surface area contributed by atoms with Crippen molar-refractivity contribution in [2.24, 2.45) is 0 Å². The van der Waals surface area contributed by atoms with Gasteiger partial charge in [0.25, 0.3) is 0 Å². The Kier molecular flexibility index (Phi) is 5.25. The normalized spacial score (nSPS) is 14.2. The van der Waals surface area contributed by atoms with E-state index < -0.39 is 0 Å². The number of nitrogens with one attached hydrogen (secondary N) is 1. The first-order valence-electron chi connectivity index (χ1n) is 6.83. The lowest BCUT2D eigenvalue weighted by Crippen LogP contribution is -2.31. The van der Waals surface area contributed by atoms with Crippen LogP contribution in [0.5, 0.6) is 0 Å². The fraction of sp³-hybridized carbons (Fsp3) is 0.500. The van der Waals surface area contributed by atoms with Crippen molar-refractivity contribution in [3.8, 4) is 11.4 Å². The Labute approximate surface area is 127 Å². The van der Waals surface area contributed by atoms with E-state index in [-0.39, 0.29) is 5.92 Å². The van der Waals surface area contributed by atoms with Crippen LogP contribution in [0.3, 0.4) is 0 Å². The second-order valence-corrected chi connectivity index (χ2v) is 5.62. The number of hydrogen-bond acceptors (Lipinski definition) is 5. The molecule has 0 fully saturated rings. The van der Waals surface area contributed by atoms with E-state index in [1.807, 2.05) is 6.07 Å². The molecule has 2 aromatic heterocycles. The average Bonchev–Trinajstić information content (AvgIpc) is 2.89. The Balaban J connectivity index is 2.23. The van der Waals surface area contributed by atoms with Gasteiger partial charge >= 0.3 is 0 Å². The predicted molar refractivity (Wildman–Crippen MR) is 81.4 cm³/mol. The van der Waals surface area contributed by atoms with E-state index in [0.29, 0.717) is 17.8 Å². The maximum Gasteiger partial charge on any atom is 0.231 e. The Bertz CT molecular complexity index is 558. The SMILES string of the molecule is CCNC(C)C(CC)c1nc(-c2cncc(Br)c2)no1. The van der Waals surface area contributed by atoms with Crippen LogP contribution in [-0.2, 0) is 0 Å². The highest BCUT2D eigenvalue weighted by Gasteiger charge is 2.23. The zero-order chi connectivity index (χ0) is 14.5. The van der Waals surface area contributed by atoms with Gasteiger partial charge in [-0.3, -0.25) is 4.98 Å². The van der Waals surface area contributed by atoms with E-state index in [4.69, 9.17) is 4.52 Å². The van der Waals surface area contributed by atoms with E-state index in [0.717, 1.165) is 23.0 Å². The zero-order valence-corrected chi connectivity index (χ0v) is 13.5. The quantitative estimate of drug-likeness (QED) is 0.874. The van der Waals surface area contributed by atoms with Crippen LogP contribution < -0.4 is 5.32 Å². The number of hydrogen-bond donors (Lipinski definition) is 1. The van der Waals surface area contributed by atoms with Crippen molar-refractivity contribution in [2.75, 3.05) is 6.54 Å². The fourth-order valence-electron chi connectivity index (χ4n) is 2.24. The van der Waals surface area contributed by atoms with Crippen molar-refractivity contribution in [3.05, 3.63) is 28.8 Å². The molecule has 0 aliphatic rings. The predicted octanol–water partition coefficient (Wildman–Crippen LogP) is 3.39. The minimum absolute atomic E-state index is 0.219. The monoisotopic (exact) mass is 338 g/mol. The number of halogens is 1. The first-order chi connectivity index (χ1) is 9.65. The van der Waals surface area contributed by atoms with Gasteiger partial charge in [0.05, 0.1) is 5.92 Å². The summed E-state index contributed by atoms with van der Waals surface area (Å²) in [5, 5.41) is 7.47. The highest BCUT2D eigenvalue weighted by molar-refractivity contribution is 9.10. The van der Waals surface area contributed by atoms with Crippen molar-refractivity contribution in [1.82, 2.24) is 20.4 Å². The molecule has 5 nitrogen and oxygen atoms in total. The van der Waals surface area contributed by atoms with Crippen molar-refractivity contribution >= 4 is 15.9 Å². The molecule has 0 bridgehead atoms. The molecular formula is C14H19BrN4O. The van der Waals surface area contributed by atoms with Crippen LogP contribution in [0.15, 0.2) is 27.5 Å². The topological polar surface area (TPSA) is 63.8 Å². The van der Waals surface area contributed by atoms with Gasteiger partial charge in [0.2, 0.25) is 11.7 Å². The van der Waals surface area contributed by atoms with E-state index in [1.165, 1.54) is 0 Å². The molecule has 2 rings (SSSR count). The Morgan fingerprint density at radius 2 is 2.15 bits per heavy atom. The van der Waals surface area contributed by atoms with Crippen molar-refractivity contribution in [3.63, 3.8) is 0 Å². The molecule has 0 spiro atoms. The molecular weight excluding hydrogens is 320 g/mol. The van der Waals surface area contributed by atoms with Gasteiger partial charge in [-0.1, -0.05) is 19.0 Å². The van der Waals surface area contributed by atoms with Crippen LogP contribution in [0.1, 0.15) is 39.0 Å². The summed E-state index contributed by atoms with van der Waals surface area (Å²) in [5.74, 6) is 1.48. The van der Waals surface area contributed by atoms with Crippen LogP contribution in [0.25, 0.3) is 11.4 Å². The lowest BCUT2D eigenvalue weighted by Gasteiger charge is -2.19. The molecule has 0 saturated carbocycles. The van der Waals surface area contributed by atoms with Gasteiger partial charge in [-0.05, 0) is 41.9 Å². The fourth-order valence-corrected chi connectivity index (χ4v) is 2.61. The van der Waals surface area contributed by atoms with Crippen LogP contribution in [0.4, 0.5) is 0 Å². The zero-order valence-electron chi connectivity index (χ0n) is 11.9. The highest BCUT2D eigenvalue weighted by atomic mass is 79.9. The molecule has 0 aliphatic carbocycles. The molecule has 6 heteroatoms. The summed E-state index contributed by atoms with van der Waals surface area (Å²) in [4.78, 5) is 8.64. The summed E-state index contributed by atoms with van der Waals surface area (Å²) in [6, 6.07) is 2.23. The molecule has 20 heavy (non-hydrogen) atoms. The van der Waals surface area contributed by atoms with Gasteiger partial charge < -0.3 is 9.84 Å². The minimum atomic E-state index is 0.219. The van der Waals surface area contributed by atoms with Gasteiger partial charge in [-0.15, -0.1) is 0 Å². The second-order valence-electron chi connectivity index (χ2n) is 4.71. The lowest BCUT2D eigenvalue weighted by molar-refractivity contribution is 0.318. The maximum absolute atomic E-state index is 5.44. The Hall–Kier alpha value is -1.27. The van der Waals surface area contributed by atoms with E-state index >= 15 is 0 Å². The standard InChI is InChI=1S/C14H19BrN4O/c1-4-12(9(3)17-5-2)14-18-13(19-20-14)10-6-11(15)8-16-7-10/h6-9,12,17H,4-5H2,1-3H3. The summed E-state index contributed by atoms with van der Waals surface area (Å²) in [6.07, 6.45) is 4.41. The maximum atomic E-state index is 5.44. The summed E-state index contributed by atoms with van der Waals surface area (Å²) >= 11 is 3.39. The van der Waals surface area contributed by atoms with Crippen molar-refractivity contribution in [2.45, 2.75) is 39.2 Å². The Morgan fingerprint density at radius 3 is 2.80 bits per heavy atom. The molecule has 0 saturated heterocycles. The van der Waals surface area contributed by atoms with Gasteiger partial charge in [-0.25, -0.2) is 0 Å². The Morgan fingerprint density at radius 1 is 1.35 bits per heavy atom. The molecule has 2 atom stereocenters. The second kappa shape index (κ2) is 6.95. The van der Waals surface area contributed by atoms with Crippen LogP contribution >= 0.6 is 15.9 Å². The van der Waals surface area contributed by atoms with Crippen LogP contribution in [0, 0.1) is 0 Å². The molecule has 0 radical (unpaired) electrons. The smallest absolute Gasteiger partial charge is 0.231 e. The van der Waals surface area contributed by atoms with E-state index in [9.17, 15) is 0 Å². The van der Waals surface area contributed by atoms with Crippen LogP contribution in [0.2, 0.25) is 0 Å². The minimum Gasteiger partial charge on any atom is -0.339 e. The number of rotatable bonds is 6. The van der Waals surface area contributed by atoms with Gasteiger partial charge in [-0.2, -0.15) is 4.98 Å². The molecule has 108 valence electrons. The summed E-state index contributed by atoms with van der Waals surface area (Å²) in [5.41, 5.74) is 0.848. The van der Waals surface area contributed by atoms with E-state index in [1.54, 1.807) is 12.4 Å². The van der Waals surface area contributed by atoms with Crippen LogP contribution in [-0.4, -0.2) is 27.7 Å². The largest absolute Gasteiger partial charge is 0.339 e. The highest BCUT2D eigenvalue weighted by Crippen LogP contribution is 2.25. The van der Waals surface area contributed by atoms with Gasteiger partial charge in [0.15, 0.2) is 0 Å². The molecule has 0 amide bonds. The lowest BCUT2D eigenvalue weighted by atomic mass is 9.98. The molecule has 2 aromatic rings. The summed E-state index contributed by atoms with van der Waals surface area (Å²) in [7, 11) is 0. The third kappa shape index (κ3) is 3.43. The van der Waals surface area contributed by atoms with Crippen molar-refractivity contribution in [1.29, 1.82) is 0 Å². The van der Waals surface area contributed by atoms with Gasteiger partial charge in [0, 0.05) is 28.5 Å². The third-order valence-corrected chi connectivity index (χ3v) is 3.73.